The molecular weight excluding hydrogens is 228 g/mol. The molecule has 0 aromatic heterocycles. The molecule has 1 saturated heterocycles. The summed E-state index contributed by atoms with van der Waals surface area (Å²) < 4.78 is 5.22. The number of benzene rings is 1. The number of amides is 1. The monoisotopic (exact) mass is 248 g/mol. The van der Waals surface area contributed by atoms with Gasteiger partial charge in [-0.1, -0.05) is 12.1 Å². The standard InChI is InChI=1S/C14H20N2O2/c1-16(10-11-6-5-9-15-11)14(17)12-7-3-4-8-13(12)18-2/h3-4,7-8,11,15H,5-6,9-10H2,1-2H3. The molecule has 18 heavy (non-hydrogen) atoms. The molecule has 0 bridgehead atoms. The second kappa shape index (κ2) is 5.87. The molecule has 1 aromatic carbocycles. The lowest BCUT2D eigenvalue weighted by atomic mass is 10.1. The Morgan fingerprint density at radius 1 is 1.50 bits per heavy atom. The number of hydrogen-bond donors (Lipinski definition) is 1. The van der Waals surface area contributed by atoms with Gasteiger partial charge in [0.2, 0.25) is 0 Å². The SMILES string of the molecule is COc1ccccc1C(=O)N(C)CC1CCCN1. The van der Waals surface area contributed by atoms with E-state index in [1.165, 1.54) is 6.42 Å². The summed E-state index contributed by atoms with van der Waals surface area (Å²) in [6.45, 7) is 1.80. The van der Waals surface area contributed by atoms with Crippen LogP contribution in [-0.2, 0) is 0 Å². The summed E-state index contributed by atoms with van der Waals surface area (Å²) >= 11 is 0. The molecule has 1 aliphatic heterocycles. The summed E-state index contributed by atoms with van der Waals surface area (Å²) in [5, 5.41) is 3.40. The molecule has 1 amide bonds. The first-order valence-electron chi connectivity index (χ1n) is 6.34. The van der Waals surface area contributed by atoms with E-state index in [9.17, 15) is 4.79 Å². The molecule has 4 nitrogen and oxygen atoms in total. The number of ether oxygens (including phenoxy) is 1. The van der Waals surface area contributed by atoms with Gasteiger partial charge in [0.1, 0.15) is 5.75 Å². The van der Waals surface area contributed by atoms with E-state index in [0.717, 1.165) is 19.5 Å². The summed E-state index contributed by atoms with van der Waals surface area (Å²) in [7, 11) is 3.43. The summed E-state index contributed by atoms with van der Waals surface area (Å²) in [5.41, 5.74) is 0.625. The molecular formula is C14H20N2O2. The van der Waals surface area contributed by atoms with E-state index in [1.54, 1.807) is 18.1 Å². The number of nitrogens with one attached hydrogen (secondary N) is 1. The number of para-hydroxylation sites is 1. The van der Waals surface area contributed by atoms with Crippen molar-refractivity contribution in [3.63, 3.8) is 0 Å². The average molecular weight is 248 g/mol. The van der Waals surface area contributed by atoms with Crippen molar-refractivity contribution in [2.45, 2.75) is 18.9 Å². The fourth-order valence-electron chi connectivity index (χ4n) is 2.35. The van der Waals surface area contributed by atoms with Crippen molar-refractivity contribution in [2.24, 2.45) is 0 Å². The first-order valence-corrected chi connectivity index (χ1v) is 6.34. The van der Waals surface area contributed by atoms with Crippen molar-refractivity contribution in [1.82, 2.24) is 10.2 Å². The van der Waals surface area contributed by atoms with Crippen molar-refractivity contribution in [3.05, 3.63) is 29.8 Å². The highest BCUT2D eigenvalue weighted by Gasteiger charge is 2.21. The van der Waals surface area contributed by atoms with Crippen molar-refractivity contribution in [3.8, 4) is 5.75 Å². The van der Waals surface area contributed by atoms with E-state index in [1.807, 2.05) is 25.2 Å². The lowest BCUT2D eigenvalue weighted by molar-refractivity contribution is 0.0780. The molecule has 0 saturated carbocycles. The molecule has 2 rings (SSSR count). The van der Waals surface area contributed by atoms with Crippen LogP contribution in [0.3, 0.4) is 0 Å². The van der Waals surface area contributed by atoms with Gasteiger partial charge in [0.15, 0.2) is 0 Å². The first kappa shape index (κ1) is 12.9. The number of carbonyl (C=O) groups is 1. The van der Waals surface area contributed by atoms with Gasteiger partial charge in [0.25, 0.3) is 5.91 Å². The Bertz CT molecular complexity index is 414. The van der Waals surface area contributed by atoms with Crippen LogP contribution in [0, 0.1) is 0 Å². The third-order valence-electron chi connectivity index (χ3n) is 3.34. The molecule has 1 atom stereocenters. The van der Waals surface area contributed by atoms with Gasteiger partial charge in [-0.25, -0.2) is 0 Å². The highest BCUT2D eigenvalue weighted by molar-refractivity contribution is 5.96. The van der Waals surface area contributed by atoms with Gasteiger partial charge in [0, 0.05) is 19.6 Å². The van der Waals surface area contributed by atoms with Crippen LogP contribution in [0.15, 0.2) is 24.3 Å². The van der Waals surface area contributed by atoms with Crippen LogP contribution in [0.25, 0.3) is 0 Å². The highest BCUT2D eigenvalue weighted by atomic mass is 16.5. The minimum atomic E-state index is 0.0150. The van der Waals surface area contributed by atoms with Crippen molar-refractivity contribution >= 4 is 5.91 Å². The fourth-order valence-corrected chi connectivity index (χ4v) is 2.35. The minimum Gasteiger partial charge on any atom is -0.496 e. The van der Waals surface area contributed by atoms with Crippen LogP contribution in [0.2, 0.25) is 0 Å². The third-order valence-corrected chi connectivity index (χ3v) is 3.34. The fraction of sp³-hybridized carbons (Fsp3) is 0.500. The third kappa shape index (κ3) is 2.82. The molecule has 1 aromatic rings. The molecule has 0 radical (unpaired) electrons. The van der Waals surface area contributed by atoms with Crippen molar-refractivity contribution in [2.75, 3.05) is 27.2 Å². The maximum atomic E-state index is 12.3. The van der Waals surface area contributed by atoms with Crippen LogP contribution >= 0.6 is 0 Å². The number of hydrogen-bond acceptors (Lipinski definition) is 3. The molecule has 1 N–H and O–H groups in total. The molecule has 1 heterocycles. The Morgan fingerprint density at radius 3 is 2.94 bits per heavy atom. The lowest BCUT2D eigenvalue weighted by Crippen LogP contribution is -2.38. The van der Waals surface area contributed by atoms with Crippen LogP contribution < -0.4 is 10.1 Å². The number of methoxy groups -OCH3 is 1. The zero-order valence-electron chi connectivity index (χ0n) is 11.0. The number of rotatable bonds is 4. The predicted octanol–water partition coefficient (Wildman–Crippen LogP) is 1.52. The lowest BCUT2D eigenvalue weighted by Gasteiger charge is -2.22. The van der Waals surface area contributed by atoms with Gasteiger partial charge in [-0.2, -0.15) is 0 Å². The quantitative estimate of drug-likeness (QED) is 0.878. The maximum absolute atomic E-state index is 12.3. The highest BCUT2D eigenvalue weighted by Crippen LogP contribution is 2.19. The largest absolute Gasteiger partial charge is 0.496 e. The number of likely N-dealkylation sites (N-methyl/N-ethyl adjacent to an activating group) is 1. The van der Waals surface area contributed by atoms with Crippen LogP contribution in [0.5, 0.6) is 5.75 Å². The number of nitrogens with zero attached hydrogens (tertiary/aromatic N) is 1. The van der Waals surface area contributed by atoms with Crippen molar-refractivity contribution in [1.29, 1.82) is 0 Å². The van der Waals surface area contributed by atoms with Gasteiger partial charge in [-0.15, -0.1) is 0 Å². The smallest absolute Gasteiger partial charge is 0.257 e. The molecule has 4 heteroatoms. The van der Waals surface area contributed by atoms with E-state index < -0.39 is 0 Å². The predicted molar refractivity (Wildman–Crippen MR) is 71.0 cm³/mol. The second-order valence-electron chi connectivity index (χ2n) is 4.68. The maximum Gasteiger partial charge on any atom is 0.257 e. The summed E-state index contributed by atoms with van der Waals surface area (Å²) in [6.07, 6.45) is 2.34. The second-order valence-corrected chi connectivity index (χ2v) is 4.68. The molecule has 1 aliphatic rings. The topological polar surface area (TPSA) is 41.6 Å². The van der Waals surface area contributed by atoms with E-state index in [2.05, 4.69) is 5.32 Å². The van der Waals surface area contributed by atoms with Gasteiger partial charge < -0.3 is 15.0 Å². The molecule has 1 fully saturated rings. The Labute approximate surface area is 108 Å². The average Bonchev–Trinajstić information content (AvgIpc) is 2.90. The zero-order chi connectivity index (χ0) is 13.0. The molecule has 1 unspecified atom stereocenters. The van der Waals surface area contributed by atoms with E-state index in [0.29, 0.717) is 17.4 Å². The molecule has 0 aliphatic carbocycles. The van der Waals surface area contributed by atoms with E-state index >= 15 is 0 Å². The van der Waals surface area contributed by atoms with Crippen molar-refractivity contribution < 1.29 is 9.53 Å². The Hall–Kier alpha value is -1.55. The zero-order valence-corrected chi connectivity index (χ0v) is 11.0. The molecule has 0 spiro atoms. The van der Waals surface area contributed by atoms with Gasteiger partial charge in [-0.3, -0.25) is 4.79 Å². The van der Waals surface area contributed by atoms with Crippen LogP contribution in [-0.4, -0.2) is 44.1 Å². The van der Waals surface area contributed by atoms with E-state index in [-0.39, 0.29) is 5.91 Å². The Balaban J connectivity index is 2.05. The summed E-state index contributed by atoms with van der Waals surface area (Å²) in [5.74, 6) is 0.648. The first-order chi connectivity index (χ1) is 8.72. The van der Waals surface area contributed by atoms with Crippen LogP contribution in [0.4, 0.5) is 0 Å². The Kier molecular flexibility index (Phi) is 4.20. The van der Waals surface area contributed by atoms with Gasteiger partial charge in [0.05, 0.1) is 12.7 Å². The number of carbonyl (C=O) groups excluding carboxylic acids is 1. The van der Waals surface area contributed by atoms with Gasteiger partial charge in [-0.05, 0) is 31.5 Å². The summed E-state index contributed by atoms with van der Waals surface area (Å²) in [4.78, 5) is 14.1. The van der Waals surface area contributed by atoms with E-state index in [4.69, 9.17) is 4.74 Å². The minimum absolute atomic E-state index is 0.0150. The van der Waals surface area contributed by atoms with Gasteiger partial charge >= 0.3 is 0 Å². The van der Waals surface area contributed by atoms with Crippen LogP contribution in [0.1, 0.15) is 23.2 Å². The normalized spacial score (nSPS) is 18.7. The Morgan fingerprint density at radius 2 is 2.28 bits per heavy atom. The summed E-state index contributed by atoms with van der Waals surface area (Å²) in [6, 6.07) is 7.77. The molecule has 98 valence electrons.